The first-order chi connectivity index (χ1) is 8.78. The third kappa shape index (κ3) is 2.14. The van der Waals surface area contributed by atoms with E-state index < -0.39 is 0 Å². The number of anilines is 1. The number of aryl methyl sites for hydroxylation is 1. The highest BCUT2D eigenvalue weighted by Crippen LogP contribution is 2.38. The predicted octanol–water partition coefficient (Wildman–Crippen LogP) is 3.10. The smallest absolute Gasteiger partial charge is 0.0371 e. The molecule has 3 rings (SSSR count). The molecule has 0 aliphatic carbocycles. The summed E-state index contributed by atoms with van der Waals surface area (Å²) in [6.45, 7) is 2.24. The van der Waals surface area contributed by atoms with Gasteiger partial charge in [0.1, 0.15) is 0 Å². The molecule has 2 unspecified atom stereocenters. The van der Waals surface area contributed by atoms with Crippen molar-refractivity contribution in [1.82, 2.24) is 0 Å². The van der Waals surface area contributed by atoms with E-state index in [0.29, 0.717) is 18.1 Å². The minimum atomic E-state index is 0.429. The number of benzene rings is 1. The quantitative estimate of drug-likeness (QED) is 0.885. The summed E-state index contributed by atoms with van der Waals surface area (Å²) < 4.78 is 0. The van der Waals surface area contributed by atoms with Gasteiger partial charge in [0.05, 0.1) is 0 Å². The van der Waals surface area contributed by atoms with Crippen molar-refractivity contribution in [3.05, 3.63) is 29.8 Å². The van der Waals surface area contributed by atoms with Crippen LogP contribution < -0.4 is 10.6 Å². The Balaban J connectivity index is 1.78. The van der Waals surface area contributed by atoms with E-state index in [-0.39, 0.29) is 0 Å². The van der Waals surface area contributed by atoms with E-state index in [4.69, 9.17) is 5.73 Å². The second-order valence-electron chi connectivity index (χ2n) is 5.94. The number of hydrogen-bond donors (Lipinski definition) is 1. The third-order valence-electron chi connectivity index (χ3n) is 4.54. The van der Waals surface area contributed by atoms with Gasteiger partial charge in [0.15, 0.2) is 0 Å². The van der Waals surface area contributed by atoms with Crippen LogP contribution in [0.5, 0.6) is 0 Å². The number of piperidine rings is 1. The Morgan fingerprint density at radius 2 is 1.72 bits per heavy atom. The summed E-state index contributed by atoms with van der Waals surface area (Å²) in [7, 11) is 0. The fourth-order valence-corrected chi connectivity index (χ4v) is 3.76. The number of rotatable bonds is 3. The van der Waals surface area contributed by atoms with E-state index in [1.807, 2.05) is 0 Å². The molecule has 98 valence electrons. The molecule has 0 saturated carbocycles. The van der Waals surface area contributed by atoms with Crippen LogP contribution in [0.4, 0.5) is 5.69 Å². The Kier molecular flexibility index (Phi) is 3.29. The molecule has 18 heavy (non-hydrogen) atoms. The van der Waals surface area contributed by atoms with Crippen LogP contribution in [0.3, 0.4) is 0 Å². The number of hydrogen-bond acceptors (Lipinski definition) is 2. The van der Waals surface area contributed by atoms with Crippen LogP contribution in [-0.2, 0) is 6.42 Å². The molecule has 0 radical (unpaired) electrons. The monoisotopic (exact) mass is 244 g/mol. The Bertz CT molecular complexity index is 384. The maximum atomic E-state index is 6.13. The van der Waals surface area contributed by atoms with Gasteiger partial charge in [-0.3, -0.25) is 0 Å². The molecular formula is C16H24N2. The van der Waals surface area contributed by atoms with Crippen LogP contribution in [0.15, 0.2) is 24.3 Å². The molecule has 0 amide bonds. The highest BCUT2D eigenvalue weighted by atomic mass is 15.2. The minimum Gasteiger partial charge on any atom is -0.365 e. The lowest BCUT2D eigenvalue weighted by Crippen LogP contribution is -2.47. The summed E-state index contributed by atoms with van der Waals surface area (Å²) >= 11 is 0. The highest BCUT2D eigenvalue weighted by molar-refractivity contribution is 5.51. The normalized spacial score (nSPS) is 30.8. The van der Waals surface area contributed by atoms with Gasteiger partial charge in [-0.05, 0) is 49.8 Å². The van der Waals surface area contributed by atoms with Crippen molar-refractivity contribution in [2.75, 3.05) is 4.90 Å². The van der Waals surface area contributed by atoms with E-state index in [9.17, 15) is 0 Å². The Labute approximate surface area is 110 Å². The minimum absolute atomic E-state index is 0.429. The van der Waals surface area contributed by atoms with Gasteiger partial charge >= 0.3 is 0 Å². The van der Waals surface area contributed by atoms with Crippen LogP contribution in [0.1, 0.15) is 44.6 Å². The molecule has 2 saturated heterocycles. The number of nitrogens with zero attached hydrogens (tertiary/aromatic N) is 1. The summed E-state index contributed by atoms with van der Waals surface area (Å²) in [6.07, 6.45) is 7.42. The van der Waals surface area contributed by atoms with Crippen LogP contribution >= 0.6 is 0 Å². The molecular weight excluding hydrogens is 220 g/mol. The van der Waals surface area contributed by atoms with Gasteiger partial charge in [-0.15, -0.1) is 0 Å². The zero-order valence-corrected chi connectivity index (χ0v) is 11.3. The maximum absolute atomic E-state index is 6.13. The van der Waals surface area contributed by atoms with E-state index >= 15 is 0 Å². The fraction of sp³-hybridized carbons (Fsp3) is 0.625. The first-order valence-corrected chi connectivity index (χ1v) is 7.40. The molecule has 2 heteroatoms. The Hall–Kier alpha value is -1.02. The topological polar surface area (TPSA) is 29.3 Å². The molecule has 2 nitrogen and oxygen atoms in total. The molecule has 2 N–H and O–H groups in total. The zero-order valence-electron chi connectivity index (χ0n) is 11.3. The lowest BCUT2D eigenvalue weighted by Gasteiger charge is -2.39. The van der Waals surface area contributed by atoms with E-state index in [1.165, 1.54) is 49.8 Å². The van der Waals surface area contributed by atoms with Crippen LogP contribution in [0, 0.1) is 0 Å². The van der Waals surface area contributed by atoms with Crippen molar-refractivity contribution in [1.29, 1.82) is 0 Å². The number of nitrogens with two attached hydrogens (primary N) is 1. The predicted molar refractivity (Wildman–Crippen MR) is 76.9 cm³/mol. The molecule has 0 aromatic heterocycles. The molecule has 2 aliphatic heterocycles. The van der Waals surface area contributed by atoms with E-state index in [2.05, 4.69) is 36.1 Å². The molecule has 2 aliphatic rings. The summed E-state index contributed by atoms with van der Waals surface area (Å²) in [5.74, 6) is 0. The average Bonchev–Trinajstić information content (AvgIpc) is 2.64. The van der Waals surface area contributed by atoms with Crippen LogP contribution in [0.25, 0.3) is 0 Å². The van der Waals surface area contributed by atoms with Gasteiger partial charge < -0.3 is 10.6 Å². The molecule has 2 atom stereocenters. The average molecular weight is 244 g/mol. The van der Waals surface area contributed by atoms with Crippen molar-refractivity contribution in [2.45, 2.75) is 63.6 Å². The van der Waals surface area contributed by atoms with Crippen molar-refractivity contribution in [2.24, 2.45) is 5.73 Å². The molecule has 2 fully saturated rings. The van der Waals surface area contributed by atoms with Gasteiger partial charge in [0.25, 0.3) is 0 Å². The van der Waals surface area contributed by atoms with Crippen LogP contribution in [-0.4, -0.2) is 18.1 Å². The summed E-state index contributed by atoms with van der Waals surface area (Å²) in [6, 6.07) is 11.0. The largest absolute Gasteiger partial charge is 0.365 e. The first-order valence-electron chi connectivity index (χ1n) is 7.40. The van der Waals surface area contributed by atoms with Crippen molar-refractivity contribution in [3.8, 4) is 0 Å². The van der Waals surface area contributed by atoms with Gasteiger partial charge in [-0.2, -0.15) is 0 Å². The second kappa shape index (κ2) is 4.93. The first kappa shape index (κ1) is 12.0. The van der Waals surface area contributed by atoms with Crippen molar-refractivity contribution < 1.29 is 0 Å². The third-order valence-corrected chi connectivity index (χ3v) is 4.54. The molecule has 1 aromatic carbocycles. The highest BCUT2D eigenvalue weighted by Gasteiger charge is 2.39. The number of fused-ring (bicyclic) bond motifs is 2. The Morgan fingerprint density at radius 1 is 1.11 bits per heavy atom. The summed E-state index contributed by atoms with van der Waals surface area (Å²) in [5.41, 5.74) is 9.00. The Morgan fingerprint density at radius 3 is 2.28 bits per heavy atom. The molecule has 2 bridgehead atoms. The zero-order chi connectivity index (χ0) is 12.5. The summed E-state index contributed by atoms with van der Waals surface area (Å²) in [4.78, 5) is 2.64. The molecule has 0 spiro atoms. The maximum Gasteiger partial charge on any atom is 0.0371 e. The van der Waals surface area contributed by atoms with Gasteiger partial charge in [0, 0.05) is 23.8 Å². The fourth-order valence-electron chi connectivity index (χ4n) is 3.76. The lowest BCUT2D eigenvalue weighted by atomic mass is 9.97. The van der Waals surface area contributed by atoms with Gasteiger partial charge in [-0.1, -0.05) is 25.5 Å². The van der Waals surface area contributed by atoms with E-state index in [1.54, 1.807) is 0 Å². The molecule has 1 aromatic rings. The molecule has 2 heterocycles. The van der Waals surface area contributed by atoms with Crippen molar-refractivity contribution >= 4 is 5.69 Å². The lowest BCUT2D eigenvalue weighted by molar-refractivity contribution is 0.414. The van der Waals surface area contributed by atoms with Crippen LogP contribution in [0.2, 0.25) is 0 Å². The van der Waals surface area contributed by atoms with Gasteiger partial charge in [0.2, 0.25) is 0 Å². The van der Waals surface area contributed by atoms with E-state index in [0.717, 1.165) is 0 Å². The SMILES string of the molecule is CCCc1ccc(N2C3CCC2CC(N)C3)cc1. The standard InChI is InChI=1S/C16H24N2/c1-2-3-12-4-6-14(7-5-12)18-15-8-9-16(18)11-13(17)10-15/h4-7,13,15-16H,2-3,8-11,17H2,1H3. The van der Waals surface area contributed by atoms with Gasteiger partial charge in [-0.25, -0.2) is 0 Å². The second-order valence-corrected chi connectivity index (χ2v) is 5.94. The van der Waals surface area contributed by atoms with Crippen molar-refractivity contribution in [3.63, 3.8) is 0 Å². The summed E-state index contributed by atoms with van der Waals surface area (Å²) in [5, 5.41) is 0.